The van der Waals surface area contributed by atoms with Crippen LogP contribution in [0.4, 0.5) is 0 Å². The highest BCUT2D eigenvalue weighted by Gasteiger charge is 2.11. The van der Waals surface area contributed by atoms with Crippen LogP contribution in [0, 0.1) is 0 Å². The topological polar surface area (TPSA) is 102 Å². The van der Waals surface area contributed by atoms with Crippen LogP contribution in [0.15, 0.2) is 28.7 Å². The minimum atomic E-state index is -1.37. The van der Waals surface area contributed by atoms with Crippen LogP contribution in [-0.4, -0.2) is 36.2 Å². The number of primary amides is 1. The number of ether oxygens (including phenoxy) is 1. The zero-order valence-electron chi connectivity index (χ0n) is 10.1. The molecule has 1 aromatic rings. The normalized spacial score (nSPS) is 11.7. The lowest BCUT2D eigenvalue weighted by Gasteiger charge is -2.09. The van der Waals surface area contributed by atoms with E-state index in [1.807, 2.05) is 12.1 Å². The molecule has 0 bridgehead atoms. The number of amides is 2. The molecule has 0 aliphatic carbocycles. The number of benzene rings is 1. The quantitative estimate of drug-likeness (QED) is 0.663. The fourth-order valence-electron chi connectivity index (χ4n) is 1.22. The first kappa shape index (κ1) is 15.5. The molecule has 7 heteroatoms. The summed E-state index contributed by atoms with van der Waals surface area (Å²) in [5, 5.41) is 11.5. The van der Waals surface area contributed by atoms with Crippen LogP contribution in [-0.2, 0) is 9.59 Å². The Hall–Kier alpha value is -1.60. The van der Waals surface area contributed by atoms with Crippen molar-refractivity contribution >= 4 is 27.7 Å². The van der Waals surface area contributed by atoms with Crippen LogP contribution in [0.5, 0.6) is 5.75 Å². The zero-order chi connectivity index (χ0) is 14.3. The molecule has 0 saturated carbocycles. The van der Waals surface area contributed by atoms with Gasteiger partial charge in [-0.05, 0) is 18.2 Å². The van der Waals surface area contributed by atoms with Crippen LogP contribution in [0.1, 0.15) is 6.42 Å². The maximum Gasteiger partial charge on any atom is 0.248 e. The van der Waals surface area contributed by atoms with Crippen molar-refractivity contribution in [2.45, 2.75) is 12.5 Å². The number of nitrogens with two attached hydrogens (primary N) is 1. The van der Waals surface area contributed by atoms with Gasteiger partial charge in [0, 0.05) is 4.47 Å². The van der Waals surface area contributed by atoms with E-state index < -0.39 is 12.0 Å². The number of halogens is 1. The van der Waals surface area contributed by atoms with Crippen molar-refractivity contribution in [3.8, 4) is 5.75 Å². The van der Waals surface area contributed by atoms with Gasteiger partial charge >= 0.3 is 0 Å². The Morgan fingerprint density at radius 2 is 2.21 bits per heavy atom. The molecule has 0 saturated heterocycles. The third-order valence-corrected chi connectivity index (χ3v) is 2.71. The minimum absolute atomic E-state index is 0.123. The average molecular weight is 331 g/mol. The van der Waals surface area contributed by atoms with Crippen molar-refractivity contribution in [1.29, 1.82) is 0 Å². The van der Waals surface area contributed by atoms with E-state index in [1.54, 1.807) is 12.1 Å². The molecule has 1 rings (SSSR count). The molecule has 6 nitrogen and oxygen atoms in total. The number of aliphatic hydroxyl groups is 1. The predicted molar refractivity (Wildman–Crippen MR) is 72.5 cm³/mol. The molecular weight excluding hydrogens is 316 g/mol. The maximum atomic E-state index is 11.4. The lowest BCUT2D eigenvalue weighted by atomic mass is 10.3. The molecule has 4 N–H and O–H groups in total. The summed E-state index contributed by atoms with van der Waals surface area (Å²) in [6.45, 7) is 0.0139. The van der Waals surface area contributed by atoms with Crippen LogP contribution < -0.4 is 15.8 Å². The Balaban J connectivity index is 2.22. The number of carbonyl (C=O) groups is 2. The highest BCUT2D eigenvalue weighted by Crippen LogP contribution is 2.17. The van der Waals surface area contributed by atoms with E-state index in [1.165, 1.54) is 0 Å². The summed E-state index contributed by atoms with van der Waals surface area (Å²) in [6.07, 6.45) is -1.24. The van der Waals surface area contributed by atoms with Crippen molar-refractivity contribution in [3.05, 3.63) is 28.7 Å². The summed E-state index contributed by atoms with van der Waals surface area (Å²) in [4.78, 5) is 21.9. The number of hydrogen-bond donors (Lipinski definition) is 3. The first-order chi connectivity index (χ1) is 8.99. The second kappa shape index (κ2) is 7.75. The van der Waals surface area contributed by atoms with E-state index in [9.17, 15) is 9.59 Å². The van der Waals surface area contributed by atoms with Gasteiger partial charge in [0.05, 0.1) is 19.6 Å². The van der Waals surface area contributed by atoms with Crippen LogP contribution in [0.25, 0.3) is 0 Å². The van der Waals surface area contributed by atoms with Crippen molar-refractivity contribution in [1.82, 2.24) is 5.32 Å². The molecule has 0 aliphatic heterocycles. The lowest BCUT2D eigenvalue weighted by Crippen LogP contribution is -2.40. The third-order valence-electron chi connectivity index (χ3n) is 2.21. The lowest BCUT2D eigenvalue weighted by molar-refractivity contribution is -0.127. The van der Waals surface area contributed by atoms with Gasteiger partial charge in [0.25, 0.3) is 0 Å². The van der Waals surface area contributed by atoms with Crippen molar-refractivity contribution in [2.24, 2.45) is 5.73 Å². The standard InChI is InChI=1S/C12H15BrN2O4/c13-8-2-1-3-9(6-8)19-5-4-11(17)15-7-10(16)12(14)18/h1-3,6,10,16H,4-5,7H2,(H2,14,18)(H,15,17). The highest BCUT2D eigenvalue weighted by molar-refractivity contribution is 9.10. The second-order valence-corrected chi connectivity index (χ2v) is 4.69. The Morgan fingerprint density at radius 1 is 1.47 bits per heavy atom. The molecule has 0 aliphatic rings. The van der Waals surface area contributed by atoms with Gasteiger partial charge in [0.15, 0.2) is 0 Å². The SMILES string of the molecule is NC(=O)C(O)CNC(=O)CCOc1cccc(Br)c1. The first-order valence-electron chi connectivity index (χ1n) is 5.61. The minimum Gasteiger partial charge on any atom is -0.493 e. The van der Waals surface area contributed by atoms with Gasteiger partial charge in [-0.15, -0.1) is 0 Å². The van der Waals surface area contributed by atoms with Gasteiger partial charge in [-0.1, -0.05) is 22.0 Å². The van der Waals surface area contributed by atoms with E-state index in [0.717, 1.165) is 4.47 Å². The Bertz CT molecular complexity index is 453. The summed E-state index contributed by atoms with van der Waals surface area (Å²) in [5.74, 6) is -0.541. The summed E-state index contributed by atoms with van der Waals surface area (Å²) in [5.41, 5.74) is 4.84. The Morgan fingerprint density at radius 3 is 2.84 bits per heavy atom. The molecule has 0 spiro atoms. The fraction of sp³-hybridized carbons (Fsp3) is 0.333. The number of nitrogens with one attached hydrogen (secondary N) is 1. The van der Waals surface area contributed by atoms with Crippen LogP contribution in [0.2, 0.25) is 0 Å². The van der Waals surface area contributed by atoms with Crippen molar-refractivity contribution in [3.63, 3.8) is 0 Å². The number of hydrogen-bond acceptors (Lipinski definition) is 4. The van der Waals surface area contributed by atoms with Crippen LogP contribution >= 0.6 is 15.9 Å². The number of rotatable bonds is 7. The van der Waals surface area contributed by atoms with E-state index in [4.69, 9.17) is 15.6 Å². The van der Waals surface area contributed by atoms with Gasteiger partial charge in [0.1, 0.15) is 11.9 Å². The van der Waals surface area contributed by atoms with Gasteiger partial charge in [0.2, 0.25) is 11.8 Å². The summed E-state index contributed by atoms with van der Waals surface area (Å²) in [6, 6.07) is 7.25. The Kier molecular flexibility index (Phi) is 6.31. The van der Waals surface area contributed by atoms with Gasteiger partial charge in [-0.3, -0.25) is 9.59 Å². The fourth-order valence-corrected chi connectivity index (χ4v) is 1.60. The number of carbonyl (C=O) groups excluding carboxylic acids is 2. The average Bonchev–Trinajstić information content (AvgIpc) is 2.36. The van der Waals surface area contributed by atoms with E-state index in [-0.39, 0.29) is 25.5 Å². The zero-order valence-corrected chi connectivity index (χ0v) is 11.7. The predicted octanol–water partition coefficient (Wildman–Crippen LogP) is 0.180. The van der Waals surface area contributed by atoms with Gasteiger partial charge in [-0.2, -0.15) is 0 Å². The smallest absolute Gasteiger partial charge is 0.248 e. The molecule has 0 aromatic heterocycles. The molecule has 0 fully saturated rings. The maximum absolute atomic E-state index is 11.4. The third kappa shape index (κ3) is 6.21. The van der Waals surface area contributed by atoms with Crippen molar-refractivity contribution < 1.29 is 19.4 Å². The molecule has 2 amide bonds. The number of aliphatic hydroxyl groups excluding tert-OH is 1. The molecule has 1 unspecified atom stereocenters. The molecule has 0 radical (unpaired) electrons. The molecule has 0 heterocycles. The van der Waals surface area contributed by atoms with Gasteiger partial charge < -0.3 is 20.9 Å². The highest BCUT2D eigenvalue weighted by atomic mass is 79.9. The molecule has 104 valence electrons. The largest absolute Gasteiger partial charge is 0.493 e. The monoisotopic (exact) mass is 330 g/mol. The van der Waals surface area contributed by atoms with E-state index >= 15 is 0 Å². The second-order valence-electron chi connectivity index (χ2n) is 3.78. The Labute approximate surface area is 119 Å². The first-order valence-corrected chi connectivity index (χ1v) is 6.41. The summed E-state index contributed by atoms with van der Waals surface area (Å²) < 4.78 is 6.25. The summed E-state index contributed by atoms with van der Waals surface area (Å²) in [7, 11) is 0. The molecule has 1 aromatic carbocycles. The van der Waals surface area contributed by atoms with Gasteiger partial charge in [-0.25, -0.2) is 0 Å². The van der Waals surface area contributed by atoms with Crippen molar-refractivity contribution in [2.75, 3.05) is 13.2 Å². The molecular formula is C12H15BrN2O4. The van der Waals surface area contributed by atoms with E-state index in [0.29, 0.717) is 5.75 Å². The van der Waals surface area contributed by atoms with E-state index in [2.05, 4.69) is 21.2 Å². The molecule has 1 atom stereocenters. The van der Waals surface area contributed by atoms with Crippen LogP contribution in [0.3, 0.4) is 0 Å². The molecule has 19 heavy (non-hydrogen) atoms. The summed E-state index contributed by atoms with van der Waals surface area (Å²) >= 11 is 3.31.